The fraction of sp³-hybridized carbons (Fsp3) is 0.294. The van der Waals surface area contributed by atoms with Crippen molar-refractivity contribution >= 4 is 31.4 Å². The molecule has 2 saturated heterocycles. The van der Waals surface area contributed by atoms with Crippen molar-refractivity contribution in [2.75, 3.05) is 33.3 Å². The van der Waals surface area contributed by atoms with Gasteiger partial charge in [0.05, 0.1) is 19.6 Å². The Kier molecular flexibility index (Phi) is 5.89. The lowest BCUT2D eigenvalue weighted by atomic mass is 10.3. The number of nitro groups is 2. The Morgan fingerprint density at radius 2 is 0.939 bits per heavy atom. The summed E-state index contributed by atoms with van der Waals surface area (Å²) < 4.78 is 54.6. The number of rotatable bonds is 6. The molecule has 16 heteroatoms. The molecule has 0 aromatic heterocycles. The summed E-state index contributed by atoms with van der Waals surface area (Å²) in [5.41, 5.74) is -0.444. The van der Waals surface area contributed by atoms with Crippen molar-refractivity contribution in [3.05, 3.63) is 68.8 Å². The van der Waals surface area contributed by atoms with E-state index in [2.05, 4.69) is 0 Å². The van der Waals surface area contributed by atoms with Gasteiger partial charge in [-0.1, -0.05) is 8.61 Å². The SMILES string of the molecule is O=[N+]([O-])c1ccc(S(=O)(=O)N2C[NH+]3CN(S(=O)(=O)c4ccc([N+](=O)[O-])cc4)C[NH+](C2)C3)cc1. The Morgan fingerprint density at radius 1 is 0.636 bits per heavy atom. The molecule has 2 aliphatic heterocycles. The van der Waals surface area contributed by atoms with Gasteiger partial charge in [-0.25, -0.2) is 16.8 Å². The van der Waals surface area contributed by atoms with Gasteiger partial charge in [0.15, 0.2) is 26.7 Å². The molecule has 2 aromatic rings. The number of quaternary nitrogens is 2. The number of sulfonamides is 2. The standard InChI is InChI=1S/C17H18N6O8S2/c24-22(25)14-1-5-16(6-2-14)32(28,29)20-10-18-9-19(11-20)13-21(12-18)33(30,31)17-7-3-15(4-8-17)23(26)27/h1-8H,9-13H2/p+2. The molecule has 0 saturated carbocycles. The monoisotopic (exact) mass is 500 g/mol. The number of hydrogen-bond donors (Lipinski definition) is 2. The van der Waals surface area contributed by atoms with E-state index in [9.17, 15) is 37.1 Å². The van der Waals surface area contributed by atoms with E-state index in [1.165, 1.54) is 32.9 Å². The van der Waals surface area contributed by atoms with Crippen LogP contribution in [0.15, 0.2) is 58.3 Å². The highest BCUT2D eigenvalue weighted by molar-refractivity contribution is 7.89. The summed E-state index contributed by atoms with van der Waals surface area (Å²) in [5.74, 6) is 0. The molecule has 0 amide bonds. The predicted octanol–water partition coefficient (Wildman–Crippen LogP) is -2.23. The van der Waals surface area contributed by atoms with Gasteiger partial charge in [-0.2, -0.15) is 0 Å². The normalized spacial score (nSPS) is 22.1. The molecular formula is C17H20N6O8S2+2. The van der Waals surface area contributed by atoms with Gasteiger partial charge in [0.1, 0.15) is 0 Å². The molecule has 0 unspecified atom stereocenters. The van der Waals surface area contributed by atoms with Crippen LogP contribution in [0.25, 0.3) is 0 Å². The molecule has 33 heavy (non-hydrogen) atoms. The van der Waals surface area contributed by atoms with E-state index < -0.39 is 29.9 Å². The molecule has 0 radical (unpaired) electrons. The lowest BCUT2D eigenvalue weighted by molar-refractivity contribution is -1.14. The first-order chi connectivity index (χ1) is 15.5. The highest BCUT2D eigenvalue weighted by Gasteiger charge is 2.45. The molecule has 2 fully saturated rings. The molecular weight excluding hydrogens is 480 g/mol. The van der Waals surface area contributed by atoms with E-state index in [-0.39, 0.29) is 47.8 Å². The van der Waals surface area contributed by atoms with Crippen molar-refractivity contribution in [2.45, 2.75) is 9.79 Å². The van der Waals surface area contributed by atoms with Crippen molar-refractivity contribution < 1.29 is 36.5 Å². The zero-order chi connectivity index (χ0) is 24.0. The van der Waals surface area contributed by atoms with Crippen LogP contribution in [0.5, 0.6) is 0 Å². The Labute approximate surface area is 188 Å². The van der Waals surface area contributed by atoms with E-state index in [4.69, 9.17) is 0 Å². The average Bonchev–Trinajstić information content (AvgIpc) is 2.78. The summed E-state index contributed by atoms with van der Waals surface area (Å²) in [6.07, 6.45) is 0. The fourth-order valence-corrected chi connectivity index (χ4v) is 6.87. The molecule has 176 valence electrons. The number of non-ortho nitro benzene ring substituents is 2. The Bertz CT molecular complexity index is 1180. The smallest absolute Gasteiger partial charge is 0.262 e. The third-order valence-electron chi connectivity index (χ3n) is 5.47. The maximum atomic E-state index is 13.0. The maximum Gasteiger partial charge on any atom is 0.269 e. The van der Waals surface area contributed by atoms with Crippen LogP contribution < -0.4 is 9.80 Å². The van der Waals surface area contributed by atoms with Crippen LogP contribution in [-0.2, 0) is 20.0 Å². The quantitative estimate of drug-likeness (QED) is 0.332. The summed E-state index contributed by atoms with van der Waals surface area (Å²) >= 11 is 0. The molecule has 0 atom stereocenters. The molecule has 2 aliphatic rings. The minimum Gasteiger partial charge on any atom is -0.262 e. The average molecular weight is 501 g/mol. The number of nitro benzene ring substituents is 2. The van der Waals surface area contributed by atoms with Gasteiger partial charge in [-0.3, -0.25) is 30.0 Å². The van der Waals surface area contributed by atoms with Gasteiger partial charge in [0, 0.05) is 24.3 Å². The molecule has 14 nitrogen and oxygen atoms in total. The topological polar surface area (TPSA) is 170 Å². The van der Waals surface area contributed by atoms with Crippen LogP contribution in [0.2, 0.25) is 0 Å². The first kappa shape index (κ1) is 23.1. The minimum absolute atomic E-state index is 0.0229. The van der Waals surface area contributed by atoms with Gasteiger partial charge in [-0.15, -0.1) is 0 Å². The van der Waals surface area contributed by atoms with Gasteiger partial charge in [-0.05, 0) is 24.3 Å². The third-order valence-corrected chi connectivity index (χ3v) is 9.08. The number of fused-ring (bicyclic) bond motifs is 2. The van der Waals surface area contributed by atoms with Crippen LogP contribution in [0.3, 0.4) is 0 Å². The maximum absolute atomic E-state index is 13.0. The van der Waals surface area contributed by atoms with Crippen LogP contribution in [0, 0.1) is 20.2 Å². The molecule has 2 N–H and O–H groups in total. The first-order valence-corrected chi connectivity index (χ1v) is 12.5. The minimum atomic E-state index is -3.93. The summed E-state index contributed by atoms with van der Waals surface area (Å²) in [6.45, 7) is 0.604. The van der Waals surface area contributed by atoms with Crippen LogP contribution >= 0.6 is 0 Å². The van der Waals surface area contributed by atoms with Crippen molar-refractivity contribution in [1.82, 2.24) is 8.61 Å². The largest absolute Gasteiger partial charge is 0.269 e. The number of nitrogens with one attached hydrogen (secondary N) is 2. The van der Waals surface area contributed by atoms with Crippen molar-refractivity contribution in [2.24, 2.45) is 0 Å². The van der Waals surface area contributed by atoms with E-state index >= 15 is 0 Å². The Morgan fingerprint density at radius 3 is 1.21 bits per heavy atom. The summed E-state index contributed by atoms with van der Waals surface area (Å²) in [4.78, 5) is 21.6. The second kappa shape index (κ2) is 8.40. The second-order valence-corrected chi connectivity index (χ2v) is 11.6. The summed E-state index contributed by atoms with van der Waals surface area (Å²) in [5, 5.41) is 21.6. The molecule has 2 aromatic carbocycles. The van der Waals surface area contributed by atoms with Crippen molar-refractivity contribution in [3.8, 4) is 0 Å². The zero-order valence-electron chi connectivity index (χ0n) is 17.0. The Hall–Kier alpha value is -3.02. The van der Waals surface area contributed by atoms with Gasteiger partial charge in [0.2, 0.25) is 6.67 Å². The molecule has 2 bridgehead atoms. The van der Waals surface area contributed by atoms with Gasteiger partial charge < -0.3 is 0 Å². The fourth-order valence-electron chi connectivity index (χ4n) is 3.90. The van der Waals surface area contributed by atoms with Crippen molar-refractivity contribution in [3.63, 3.8) is 0 Å². The van der Waals surface area contributed by atoms with E-state index in [1.54, 1.807) is 0 Å². The zero-order valence-corrected chi connectivity index (χ0v) is 18.7. The van der Waals surface area contributed by atoms with E-state index in [0.717, 1.165) is 24.3 Å². The predicted molar refractivity (Wildman–Crippen MR) is 111 cm³/mol. The molecule has 0 aliphatic carbocycles. The van der Waals surface area contributed by atoms with Crippen LogP contribution in [-0.4, -0.2) is 68.6 Å². The Balaban J connectivity index is 1.50. The van der Waals surface area contributed by atoms with Crippen molar-refractivity contribution in [1.29, 1.82) is 0 Å². The van der Waals surface area contributed by atoms with Gasteiger partial charge in [0.25, 0.3) is 31.4 Å². The lowest BCUT2D eigenvalue weighted by Gasteiger charge is -2.42. The highest BCUT2D eigenvalue weighted by atomic mass is 32.2. The molecule has 4 rings (SSSR count). The highest BCUT2D eigenvalue weighted by Crippen LogP contribution is 2.20. The molecule has 0 spiro atoms. The molecule has 2 heterocycles. The number of hydrogen-bond acceptors (Lipinski definition) is 8. The number of benzene rings is 2. The summed E-state index contributed by atoms with van der Waals surface area (Å²) in [6, 6.07) is 9.20. The second-order valence-electron chi connectivity index (χ2n) is 7.72. The first-order valence-electron chi connectivity index (χ1n) is 9.65. The lowest BCUT2D eigenvalue weighted by Crippen LogP contribution is -3.39. The summed E-state index contributed by atoms with van der Waals surface area (Å²) in [7, 11) is -7.85. The third kappa shape index (κ3) is 4.43. The number of nitrogens with zero attached hydrogens (tertiary/aromatic N) is 4. The van der Waals surface area contributed by atoms with E-state index in [1.807, 2.05) is 0 Å². The van der Waals surface area contributed by atoms with Crippen LogP contribution in [0.4, 0.5) is 11.4 Å². The van der Waals surface area contributed by atoms with E-state index in [0.29, 0.717) is 16.5 Å². The van der Waals surface area contributed by atoms with Gasteiger partial charge >= 0.3 is 0 Å². The van der Waals surface area contributed by atoms with Crippen LogP contribution in [0.1, 0.15) is 0 Å².